The topological polar surface area (TPSA) is 73.6 Å². The highest BCUT2D eigenvalue weighted by Crippen LogP contribution is 2.30. The van der Waals surface area contributed by atoms with Gasteiger partial charge in [0.25, 0.3) is 0 Å². The van der Waals surface area contributed by atoms with Gasteiger partial charge >= 0.3 is 0 Å². The number of rotatable bonds is 7. The van der Waals surface area contributed by atoms with E-state index in [4.69, 9.17) is 15.2 Å². The molecule has 1 aliphatic heterocycles. The fourth-order valence-corrected chi connectivity index (χ4v) is 2.26. The highest BCUT2D eigenvalue weighted by atomic mass is 16.6. The number of carbonyl (C=O) groups is 1. The second-order valence-corrected chi connectivity index (χ2v) is 5.27. The van der Waals surface area contributed by atoms with Gasteiger partial charge in [0.15, 0.2) is 11.5 Å². The Morgan fingerprint density at radius 3 is 2.86 bits per heavy atom. The van der Waals surface area contributed by atoms with E-state index in [2.05, 4.69) is 12.2 Å². The van der Waals surface area contributed by atoms with Crippen LogP contribution in [0, 0.1) is 0 Å². The van der Waals surface area contributed by atoms with Crippen LogP contribution in [0.4, 0.5) is 0 Å². The minimum Gasteiger partial charge on any atom is -0.486 e. The number of hydrogen-bond acceptors (Lipinski definition) is 4. The Balaban J connectivity index is 1.77. The van der Waals surface area contributed by atoms with Gasteiger partial charge < -0.3 is 20.5 Å². The maximum atomic E-state index is 11.8. The van der Waals surface area contributed by atoms with E-state index in [0.29, 0.717) is 19.8 Å². The van der Waals surface area contributed by atoms with E-state index in [1.165, 1.54) is 0 Å². The number of carbonyl (C=O) groups excluding carboxylic acids is 1. The van der Waals surface area contributed by atoms with Gasteiger partial charge in [-0.1, -0.05) is 25.8 Å². The Morgan fingerprint density at radius 2 is 2.10 bits per heavy atom. The third kappa shape index (κ3) is 4.63. The first-order valence-corrected chi connectivity index (χ1v) is 7.62. The summed E-state index contributed by atoms with van der Waals surface area (Å²) in [6, 6.07) is 5.48. The van der Waals surface area contributed by atoms with Crippen molar-refractivity contribution in [2.75, 3.05) is 19.8 Å². The van der Waals surface area contributed by atoms with E-state index >= 15 is 0 Å². The van der Waals surface area contributed by atoms with Crippen LogP contribution in [-0.2, 0) is 11.2 Å². The average Bonchev–Trinajstić information content (AvgIpc) is 2.52. The molecule has 0 radical (unpaired) electrons. The Labute approximate surface area is 125 Å². The van der Waals surface area contributed by atoms with Crippen LogP contribution in [-0.4, -0.2) is 31.7 Å². The van der Waals surface area contributed by atoms with E-state index in [0.717, 1.165) is 42.7 Å². The van der Waals surface area contributed by atoms with Crippen LogP contribution in [0.15, 0.2) is 18.2 Å². The predicted molar refractivity (Wildman–Crippen MR) is 81.6 cm³/mol. The minimum absolute atomic E-state index is 0.0685. The summed E-state index contributed by atoms with van der Waals surface area (Å²) >= 11 is 0. The molecule has 21 heavy (non-hydrogen) atoms. The van der Waals surface area contributed by atoms with Crippen molar-refractivity contribution >= 4 is 5.91 Å². The highest BCUT2D eigenvalue weighted by molar-refractivity contribution is 5.81. The van der Waals surface area contributed by atoms with Gasteiger partial charge in [-0.25, -0.2) is 0 Å². The molecule has 0 saturated heterocycles. The van der Waals surface area contributed by atoms with E-state index in [-0.39, 0.29) is 5.91 Å². The molecule has 1 aromatic rings. The summed E-state index contributed by atoms with van der Waals surface area (Å²) in [4.78, 5) is 11.8. The largest absolute Gasteiger partial charge is 0.486 e. The molecule has 1 heterocycles. The zero-order valence-corrected chi connectivity index (χ0v) is 12.6. The van der Waals surface area contributed by atoms with Crippen LogP contribution in [0.3, 0.4) is 0 Å². The van der Waals surface area contributed by atoms with Crippen LogP contribution in [0.1, 0.15) is 31.7 Å². The van der Waals surface area contributed by atoms with Crippen molar-refractivity contribution < 1.29 is 14.3 Å². The quantitative estimate of drug-likeness (QED) is 0.801. The normalized spacial score (nSPS) is 14.6. The van der Waals surface area contributed by atoms with E-state index in [1.54, 1.807) is 0 Å². The Kier molecular flexibility index (Phi) is 5.87. The first-order chi connectivity index (χ1) is 10.2. The number of ether oxygens (including phenoxy) is 2. The van der Waals surface area contributed by atoms with E-state index in [9.17, 15) is 4.79 Å². The molecule has 1 aromatic carbocycles. The van der Waals surface area contributed by atoms with E-state index in [1.807, 2.05) is 18.2 Å². The molecule has 1 unspecified atom stereocenters. The molecule has 0 aromatic heterocycles. The lowest BCUT2D eigenvalue weighted by atomic mass is 10.1. The molecule has 3 N–H and O–H groups in total. The molecule has 116 valence electrons. The SMILES string of the molecule is CCCCC(N)C(=O)NCCc1ccc2c(c1)OCCO2. The molecule has 0 bridgehead atoms. The Morgan fingerprint density at radius 1 is 1.33 bits per heavy atom. The van der Waals surface area contributed by atoms with Gasteiger partial charge in [0, 0.05) is 6.54 Å². The molecule has 5 heteroatoms. The first kappa shape index (κ1) is 15.6. The molecule has 1 aliphatic rings. The smallest absolute Gasteiger partial charge is 0.236 e. The minimum atomic E-state index is -0.398. The molecule has 0 spiro atoms. The van der Waals surface area contributed by atoms with Gasteiger partial charge in [-0.3, -0.25) is 4.79 Å². The molecule has 0 aliphatic carbocycles. The number of nitrogens with one attached hydrogen (secondary N) is 1. The third-order valence-electron chi connectivity index (χ3n) is 3.52. The van der Waals surface area contributed by atoms with Crippen LogP contribution in [0.2, 0.25) is 0 Å². The number of benzene rings is 1. The molecule has 1 amide bonds. The summed E-state index contributed by atoms with van der Waals surface area (Å²) in [6.07, 6.45) is 3.53. The Hall–Kier alpha value is -1.75. The number of fused-ring (bicyclic) bond motifs is 1. The van der Waals surface area contributed by atoms with E-state index < -0.39 is 6.04 Å². The zero-order chi connectivity index (χ0) is 15.1. The van der Waals surface area contributed by atoms with Crippen molar-refractivity contribution in [3.63, 3.8) is 0 Å². The van der Waals surface area contributed by atoms with Crippen LogP contribution >= 0.6 is 0 Å². The zero-order valence-electron chi connectivity index (χ0n) is 12.6. The highest BCUT2D eigenvalue weighted by Gasteiger charge is 2.13. The van der Waals surface area contributed by atoms with Crippen LogP contribution < -0.4 is 20.5 Å². The fourth-order valence-electron chi connectivity index (χ4n) is 2.26. The van der Waals surface area contributed by atoms with Crippen LogP contribution in [0.25, 0.3) is 0 Å². The first-order valence-electron chi connectivity index (χ1n) is 7.62. The molecule has 5 nitrogen and oxygen atoms in total. The lowest BCUT2D eigenvalue weighted by Crippen LogP contribution is -2.41. The Bertz CT molecular complexity index is 477. The van der Waals surface area contributed by atoms with Gasteiger partial charge in [0.1, 0.15) is 13.2 Å². The number of hydrogen-bond donors (Lipinski definition) is 2. The second kappa shape index (κ2) is 7.88. The summed E-state index contributed by atoms with van der Waals surface area (Å²) in [5.41, 5.74) is 6.94. The van der Waals surface area contributed by atoms with Crippen molar-refractivity contribution in [2.24, 2.45) is 5.73 Å². The van der Waals surface area contributed by atoms with Gasteiger partial charge in [0.05, 0.1) is 6.04 Å². The summed E-state index contributed by atoms with van der Waals surface area (Å²) in [5, 5.41) is 2.88. The number of unbranched alkanes of at least 4 members (excludes halogenated alkanes) is 1. The van der Waals surface area contributed by atoms with Crippen molar-refractivity contribution in [1.29, 1.82) is 0 Å². The molecule has 0 fully saturated rings. The molecular formula is C16H24N2O3. The molecule has 2 rings (SSSR count). The maximum absolute atomic E-state index is 11.8. The van der Waals surface area contributed by atoms with Crippen molar-refractivity contribution in [2.45, 2.75) is 38.6 Å². The monoisotopic (exact) mass is 292 g/mol. The summed E-state index contributed by atoms with van der Waals surface area (Å²) in [7, 11) is 0. The van der Waals surface area contributed by atoms with Gasteiger partial charge in [-0.05, 0) is 30.5 Å². The maximum Gasteiger partial charge on any atom is 0.236 e. The lowest BCUT2D eigenvalue weighted by Gasteiger charge is -2.19. The van der Waals surface area contributed by atoms with Crippen molar-refractivity contribution in [1.82, 2.24) is 5.32 Å². The summed E-state index contributed by atoms with van der Waals surface area (Å²) in [6.45, 7) is 3.85. The third-order valence-corrected chi connectivity index (χ3v) is 3.52. The lowest BCUT2D eigenvalue weighted by molar-refractivity contribution is -0.122. The van der Waals surface area contributed by atoms with Crippen LogP contribution in [0.5, 0.6) is 11.5 Å². The molecule has 0 saturated carbocycles. The van der Waals surface area contributed by atoms with Gasteiger partial charge in [-0.2, -0.15) is 0 Å². The second-order valence-electron chi connectivity index (χ2n) is 5.27. The molecular weight excluding hydrogens is 268 g/mol. The van der Waals surface area contributed by atoms with Crippen molar-refractivity contribution in [3.8, 4) is 11.5 Å². The standard InChI is InChI=1S/C16H24N2O3/c1-2-3-4-13(17)16(19)18-8-7-12-5-6-14-15(11-12)21-10-9-20-14/h5-6,11,13H,2-4,7-10,17H2,1H3,(H,18,19). The summed E-state index contributed by atoms with van der Waals surface area (Å²) in [5.74, 6) is 1.50. The molecule has 1 atom stereocenters. The number of nitrogens with two attached hydrogens (primary N) is 1. The van der Waals surface area contributed by atoms with Gasteiger partial charge in [0.2, 0.25) is 5.91 Å². The average molecular weight is 292 g/mol. The van der Waals surface area contributed by atoms with Gasteiger partial charge in [-0.15, -0.1) is 0 Å². The summed E-state index contributed by atoms with van der Waals surface area (Å²) < 4.78 is 11.0. The fraction of sp³-hybridized carbons (Fsp3) is 0.562. The number of amides is 1. The predicted octanol–water partition coefficient (Wildman–Crippen LogP) is 1.63. The van der Waals surface area contributed by atoms with Crippen molar-refractivity contribution in [3.05, 3.63) is 23.8 Å².